The van der Waals surface area contributed by atoms with Crippen LogP contribution < -0.4 is 10.1 Å². The van der Waals surface area contributed by atoms with E-state index < -0.39 is 24.4 Å². The molecule has 0 aliphatic carbocycles. The minimum atomic E-state index is -1.13. The summed E-state index contributed by atoms with van der Waals surface area (Å²) in [4.78, 5) is 23.0. The van der Waals surface area contributed by atoms with Crippen molar-refractivity contribution < 1.29 is 23.8 Å². The Morgan fingerprint density at radius 3 is 2.72 bits per heavy atom. The van der Waals surface area contributed by atoms with Gasteiger partial charge in [0.05, 0.1) is 12.8 Å². The minimum absolute atomic E-state index is 0.159. The maximum atomic E-state index is 12.9. The van der Waals surface area contributed by atoms with Crippen molar-refractivity contribution in [2.45, 2.75) is 0 Å². The third-order valence-electron chi connectivity index (χ3n) is 2.12. The van der Waals surface area contributed by atoms with E-state index in [4.69, 9.17) is 9.84 Å². The summed E-state index contributed by atoms with van der Waals surface area (Å²) in [6, 6.07) is 2.99. The van der Waals surface area contributed by atoms with E-state index in [0.29, 0.717) is 0 Å². The number of hydrogen-bond acceptors (Lipinski definition) is 3. The number of likely N-dealkylation sites (N-methyl/N-ethyl adjacent to an activating group) is 1. The van der Waals surface area contributed by atoms with Crippen molar-refractivity contribution in [2.24, 2.45) is 0 Å². The normalized spacial score (nSPS) is 9.72. The summed E-state index contributed by atoms with van der Waals surface area (Å²) in [5, 5.41) is 11.0. The highest BCUT2D eigenvalue weighted by Gasteiger charge is 2.14. The van der Waals surface area contributed by atoms with E-state index in [1.54, 1.807) is 0 Å². The molecule has 0 aromatic heterocycles. The lowest BCUT2D eigenvalue weighted by Crippen LogP contribution is -2.35. The molecule has 0 aliphatic rings. The standard InChI is InChI=1S/C11H13FN2O4/c1-14(6-10(15)16)11(17)13-8-4-3-7(12)5-9(8)18-2/h3-5H,6H2,1-2H3,(H,13,17)(H,15,16). The van der Waals surface area contributed by atoms with Gasteiger partial charge in [0.1, 0.15) is 18.1 Å². The maximum Gasteiger partial charge on any atom is 0.323 e. The number of carbonyl (C=O) groups excluding carboxylic acids is 1. The summed E-state index contributed by atoms with van der Waals surface area (Å²) in [6.07, 6.45) is 0. The van der Waals surface area contributed by atoms with Crippen molar-refractivity contribution in [3.05, 3.63) is 24.0 Å². The lowest BCUT2D eigenvalue weighted by atomic mass is 10.3. The number of nitrogens with one attached hydrogen (secondary N) is 1. The fourth-order valence-corrected chi connectivity index (χ4v) is 1.25. The molecule has 2 N–H and O–H groups in total. The van der Waals surface area contributed by atoms with Gasteiger partial charge in [-0.2, -0.15) is 0 Å². The third-order valence-corrected chi connectivity index (χ3v) is 2.12. The van der Waals surface area contributed by atoms with E-state index >= 15 is 0 Å². The highest BCUT2D eigenvalue weighted by Crippen LogP contribution is 2.25. The summed E-state index contributed by atoms with van der Waals surface area (Å²) in [5.74, 6) is -1.46. The van der Waals surface area contributed by atoms with Crippen LogP contribution in [0, 0.1) is 5.82 Å². The van der Waals surface area contributed by atoms with Crippen LogP contribution in [0.25, 0.3) is 0 Å². The Morgan fingerprint density at radius 2 is 2.17 bits per heavy atom. The molecule has 0 bridgehead atoms. The number of ether oxygens (including phenoxy) is 1. The summed E-state index contributed by atoms with van der Waals surface area (Å²) in [5.41, 5.74) is 0.265. The first-order valence-electron chi connectivity index (χ1n) is 5.01. The van der Waals surface area contributed by atoms with E-state index in [-0.39, 0.29) is 11.4 Å². The maximum absolute atomic E-state index is 12.9. The van der Waals surface area contributed by atoms with Crippen molar-refractivity contribution in [1.29, 1.82) is 0 Å². The summed E-state index contributed by atoms with van der Waals surface area (Å²) in [6.45, 7) is -0.435. The number of hydrogen-bond donors (Lipinski definition) is 2. The van der Waals surface area contributed by atoms with Crippen molar-refractivity contribution in [1.82, 2.24) is 4.90 Å². The first-order valence-corrected chi connectivity index (χ1v) is 5.01. The van der Waals surface area contributed by atoms with Gasteiger partial charge in [-0.25, -0.2) is 9.18 Å². The number of rotatable bonds is 4. The van der Waals surface area contributed by atoms with Crippen LogP contribution in [-0.2, 0) is 4.79 Å². The second-order valence-electron chi connectivity index (χ2n) is 3.52. The van der Waals surface area contributed by atoms with Crippen LogP contribution in [0.5, 0.6) is 5.75 Å². The lowest BCUT2D eigenvalue weighted by molar-refractivity contribution is -0.137. The van der Waals surface area contributed by atoms with Crippen LogP contribution in [0.4, 0.5) is 14.9 Å². The average Bonchev–Trinajstić information content (AvgIpc) is 2.30. The minimum Gasteiger partial charge on any atom is -0.494 e. The number of carboxylic acids is 1. The largest absolute Gasteiger partial charge is 0.494 e. The number of methoxy groups -OCH3 is 1. The number of amides is 2. The van der Waals surface area contributed by atoms with E-state index in [1.165, 1.54) is 20.2 Å². The number of halogens is 1. The van der Waals surface area contributed by atoms with Gasteiger partial charge in [-0.1, -0.05) is 0 Å². The number of aliphatic carboxylic acids is 1. The van der Waals surface area contributed by atoms with Gasteiger partial charge >= 0.3 is 12.0 Å². The van der Waals surface area contributed by atoms with Crippen molar-refractivity contribution >= 4 is 17.7 Å². The quantitative estimate of drug-likeness (QED) is 0.853. The Labute approximate surface area is 103 Å². The Kier molecular flexibility index (Phi) is 4.47. The molecule has 2 amide bonds. The second kappa shape index (κ2) is 5.85. The fourth-order valence-electron chi connectivity index (χ4n) is 1.25. The molecule has 1 aromatic carbocycles. The lowest BCUT2D eigenvalue weighted by Gasteiger charge is -2.17. The molecule has 98 valence electrons. The smallest absolute Gasteiger partial charge is 0.323 e. The molecule has 7 heteroatoms. The molecule has 0 saturated heterocycles. The predicted octanol–water partition coefficient (Wildman–Crippen LogP) is 1.38. The van der Waals surface area contributed by atoms with Crippen LogP contribution in [0.15, 0.2) is 18.2 Å². The highest BCUT2D eigenvalue weighted by molar-refractivity contribution is 5.92. The molecule has 1 aromatic rings. The molecule has 0 atom stereocenters. The molecular formula is C11H13FN2O4. The van der Waals surface area contributed by atoms with Gasteiger partial charge in [0.25, 0.3) is 0 Å². The van der Waals surface area contributed by atoms with E-state index in [2.05, 4.69) is 5.32 Å². The molecule has 0 saturated carbocycles. The molecule has 0 spiro atoms. The van der Waals surface area contributed by atoms with Gasteiger partial charge in [-0.05, 0) is 12.1 Å². The Hall–Kier alpha value is -2.31. The molecule has 0 heterocycles. The van der Waals surface area contributed by atoms with Crippen LogP contribution in [0.3, 0.4) is 0 Å². The number of urea groups is 1. The molecule has 1 rings (SSSR count). The summed E-state index contributed by atoms with van der Waals surface area (Å²) < 4.78 is 17.8. The molecule has 6 nitrogen and oxygen atoms in total. The first kappa shape index (κ1) is 13.8. The van der Waals surface area contributed by atoms with Crippen molar-refractivity contribution in [2.75, 3.05) is 26.0 Å². The van der Waals surface area contributed by atoms with Crippen LogP contribution in [0.2, 0.25) is 0 Å². The van der Waals surface area contributed by atoms with Gasteiger partial charge in [0.15, 0.2) is 0 Å². The van der Waals surface area contributed by atoms with Crippen molar-refractivity contribution in [3.63, 3.8) is 0 Å². The molecule has 0 unspecified atom stereocenters. The fraction of sp³-hybridized carbons (Fsp3) is 0.273. The number of carboxylic acid groups (broad SMARTS) is 1. The molecule has 18 heavy (non-hydrogen) atoms. The Balaban J connectivity index is 2.78. The zero-order valence-electron chi connectivity index (χ0n) is 9.94. The van der Waals surface area contributed by atoms with E-state index in [0.717, 1.165) is 17.0 Å². The van der Waals surface area contributed by atoms with Crippen molar-refractivity contribution in [3.8, 4) is 5.75 Å². The van der Waals surface area contributed by atoms with Gasteiger partial charge in [0, 0.05) is 13.1 Å². The Bertz CT molecular complexity index is 464. The SMILES string of the molecule is COc1cc(F)ccc1NC(=O)N(C)CC(=O)O. The molecule has 0 fully saturated rings. The monoisotopic (exact) mass is 256 g/mol. The van der Waals surface area contributed by atoms with Gasteiger partial charge < -0.3 is 20.1 Å². The Morgan fingerprint density at radius 1 is 1.50 bits per heavy atom. The zero-order valence-corrected chi connectivity index (χ0v) is 9.94. The molecule has 0 aliphatic heterocycles. The van der Waals surface area contributed by atoms with Gasteiger partial charge in [-0.15, -0.1) is 0 Å². The number of nitrogens with zero attached hydrogens (tertiary/aromatic N) is 1. The third kappa shape index (κ3) is 3.62. The highest BCUT2D eigenvalue weighted by atomic mass is 19.1. The first-order chi connectivity index (χ1) is 8.43. The zero-order chi connectivity index (χ0) is 13.7. The molecular weight excluding hydrogens is 243 g/mol. The van der Waals surface area contributed by atoms with Crippen LogP contribution in [-0.4, -0.2) is 42.7 Å². The average molecular weight is 256 g/mol. The second-order valence-corrected chi connectivity index (χ2v) is 3.52. The number of anilines is 1. The van der Waals surface area contributed by atoms with Gasteiger partial charge in [0.2, 0.25) is 0 Å². The number of carbonyl (C=O) groups is 2. The topological polar surface area (TPSA) is 78.9 Å². The summed E-state index contributed by atoms with van der Waals surface area (Å²) in [7, 11) is 2.67. The van der Waals surface area contributed by atoms with Gasteiger partial charge in [-0.3, -0.25) is 4.79 Å². The number of benzene rings is 1. The van der Waals surface area contributed by atoms with E-state index in [1.807, 2.05) is 0 Å². The molecule has 0 radical (unpaired) electrons. The summed E-state index contributed by atoms with van der Waals surface area (Å²) >= 11 is 0. The van der Waals surface area contributed by atoms with Crippen LogP contribution in [0.1, 0.15) is 0 Å². The van der Waals surface area contributed by atoms with Crippen LogP contribution >= 0.6 is 0 Å². The predicted molar refractivity (Wildman–Crippen MR) is 62.2 cm³/mol. The van der Waals surface area contributed by atoms with E-state index in [9.17, 15) is 14.0 Å².